The highest BCUT2D eigenvalue weighted by atomic mass is 35.5. The SMILES string of the molecule is Cc1cc(C(=O)Nc2cccc(CO)c2)c(Cl)cc1F. The van der Waals surface area contributed by atoms with Crippen molar-refractivity contribution >= 4 is 23.2 Å². The number of aliphatic hydroxyl groups excluding tert-OH is 1. The van der Waals surface area contributed by atoms with Gasteiger partial charge >= 0.3 is 0 Å². The Kier molecular flexibility index (Phi) is 4.37. The van der Waals surface area contributed by atoms with Crippen molar-refractivity contribution in [2.45, 2.75) is 13.5 Å². The fourth-order valence-corrected chi connectivity index (χ4v) is 2.01. The number of hydrogen-bond donors (Lipinski definition) is 2. The Morgan fingerprint density at radius 1 is 1.35 bits per heavy atom. The van der Waals surface area contributed by atoms with Crippen LogP contribution in [0.3, 0.4) is 0 Å². The molecule has 0 aliphatic carbocycles. The van der Waals surface area contributed by atoms with Crippen LogP contribution in [0, 0.1) is 12.7 Å². The smallest absolute Gasteiger partial charge is 0.257 e. The van der Waals surface area contributed by atoms with Crippen LogP contribution in [0.25, 0.3) is 0 Å². The van der Waals surface area contributed by atoms with Gasteiger partial charge in [-0.3, -0.25) is 4.79 Å². The van der Waals surface area contributed by atoms with Crippen LogP contribution in [0.15, 0.2) is 36.4 Å². The molecule has 0 aliphatic rings. The average Bonchev–Trinajstić information content (AvgIpc) is 2.43. The summed E-state index contributed by atoms with van der Waals surface area (Å²) in [6.45, 7) is 1.45. The molecule has 0 unspecified atom stereocenters. The highest BCUT2D eigenvalue weighted by Gasteiger charge is 2.13. The topological polar surface area (TPSA) is 49.3 Å². The molecule has 2 rings (SSSR count). The zero-order valence-electron chi connectivity index (χ0n) is 10.8. The van der Waals surface area contributed by atoms with Crippen LogP contribution in [0.5, 0.6) is 0 Å². The van der Waals surface area contributed by atoms with E-state index in [0.717, 1.165) is 6.07 Å². The maximum atomic E-state index is 13.3. The minimum atomic E-state index is -0.450. The van der Waals surface area contributed by atoms with Crippen LogP contribution in [-0.2, 0) is 6.61 Å². The number of nitrogens with one attached hydrogen (secondary N) is 1. The third-order valence-corrected chi connectivity index (χ3v) is 3.17. The van der Waals surface area contributed by atoms with Crippen molar-refractivity contribution in [3.63, 3.8) is 0 Å². The third-order valence-electron chi connectivity index (χ3n) is 2.86. The zero-order chi connectivity index (χ0) is 14.7. The second-order valence-electron chi connectivity index (χ2n) is 4.39. The monoisotopic (exact) mass is 293 g/mol. The van der Waals surface area contributed by atoms with Crippen LogP contribution >= 0.6 is 11.6 Å². The second-order valence-corrected chi connectivity index (χ2v) is 4.80. The fourth-order valence-electron chi connectivity index (χ4n) is 1.78. The van der Waals surface area contributed by atoms with Crippen LogP contribution in [0.2, 0.25) is 5.02 Å². The molecular formula is C15H13ClFNO2. The average molecular weight is 294 g/mol. The Morgan fingerprint density at radius 3 is 2.80 bits per heavy atom. The van der Waals surface area contributed by atoms with E-state index >= 15 is 0 Å². The van der Waals surface area contributed by atoms with Gasteiger partial charge in [0.05, 0.1) is 17.2 Å². The summed E-state index contributed by atoms with van der Waals surface area (Å²) in [6, 6.07) is 9.34. The molecule has 5 heteroatoms. The number of aryl methyl sites for hydroxylation is 1. The van der Waals surface area contributed by atoms with Crippen molar-refractivity contribution in [3.05, 3.63) is 63.9 Å². The summed E-state index contributed by atoms with van der Waals surface area (Å²) in [5.74, 6) is -0.873. The summed E-state index contributed by atoms with van der Waals surface area (Å²) < 4.78 is 13.3. The molecule has 0 aromatic heterocycles. The number of rotatable bonds is 3. The Morgan fingerprint density at radius 2 is 2.10 bits per heavy atom. The molecule has 0 heterocycles. The van der Waals surface area contributed by atoms with Crippen molar-refractivity contribution < 1.29 is 14.3 Å². The molecular weight excluding hydrogens is 281 g/mol. The van der Waals surface area contributed by atoms with Crippen molar-refractivity contribution in [2.24, 2.45) is 0 Å². The number of carbonyl (C=O) groups excluding carboxylic acids is 1. The molecule has 0 bridgehead atoms. The van der Waals surface area contributed by atoms with Gasteiger partial charge in [-0.1, -0.05) is 23.7 Å². The molecule has 2 N–H and O–H groups in total. The van der Waals surface area contributed by atoms with Gasteiger partial charge in [-0.25, -0.2) is 4.39 Å². The van der Waals surface area contributed by atoms with E-state index in [4.69, 9.17) is 16.7 Å². The van der Waals surface area contributed by atoms with Gasteiger partial charge in [-0.15, -0.1) is 0 Å². The van der Waals surface area contributed by atoms with Gasteiger partial charge in [-0.05, 0) is 42.3 Å². The van der Waals surface area contributed by atoms with Crippen LogP contribution in [0.1, 0.15) is 21.5 Å². The van der Waals surface area contributed by atoms with E-state index in [9.17, 15) is 9.18 Å². The van der Waals surface area contributed by atoms with Crippen molar-refractivity contribution in [2.75, 3.05) is 5.32 Å². The minimum absolute atomic E-state index is 0.0592. The number of anilines is 1. The first-order chi connectivity index (χ1) is 9.51. The van der Waals surface area contributed by atoms with Crippen LogP contribution in [-0.4, -0.2) is 11.0 Å². The van der Waals surface area contributed by atoms with E-state index in [1.54, 1.807) is 31.2 Å². The number of amides is 1. The minimum Gasteiger partial charge on any atom is -0.392 e. The number of benzene rings is 2. The largest absolute Gasteiger partial charge is 0.392 e. The lowest BCUT2D eigenvalue weighted by atomic mass is 10.1. The van der Waals surface area contributed by atoms with Gasteiger partial charge in [0.1, 0.15) is 5.82 Å². The zero-order valence-corrected chi connectivity index (χ0v) is 11.5. The van der Waals surface area contributed by atoms with E-state index in [0.29, 0.717) is 16.8 Å². The van der Waals surface area contributed by atoms with E-state index in [-0.39, 0.29) is 17.2 Å². The number of hydrogen-bond acceptors (Lipinski definition) is 2. The molecule has 2 aromatic rings. The van der Waals surface area contributed by atoms with E-state index in [1.807, 2.05) is 0 Å². The van der Waals surface area contributed by atoms with E-state index < -0.39 is 11.7 Å². The van der Waals surface area contributed by atoms with Gasteiger partial charge in [-0.2, -0.15) is 0 Å². The predicted octanol–water partition coefficient (Wildman–Crippen LogP) is 3.53. The molecule has 0 saturated heterocycles. The van der Waals surface area contributed by atoms with Gasteiger partial charge in [0.2, 0.25) is 0 Å². The number of carbonyl (C=O) groups is 1. The lowest BCUT2D eigenvalue weighted by molar-refractivity contribution is 0.102. The molecule has 0 saturated carbocycles. The Hall–Kier alpha value is -1.91. The molecule has 104 valence electrons. The molecule has 0 aliphatic heterocycles. The maximum Gasteiger partial charge on any atom is 0.257 e. The van der Waals surface area contributed by atoms with Crippen LogP contribution in [0.4, 0.5) is 10.1 Å². The molecule has 0 spiro atoms. The molecule has 0 fully saturated rings. The molecule has 0 atom stereocenters. The Bertz CT molecular complexity index is 658. The summed E-state index contributed by atoms with van der Waals surface area (Å²) in [6.07, 6.45) is 0. The summed E-state index contributed by atoms with van der Waals surface area (Å²) in [5.41, 5.74) is 1.78. The first-order valence-electron chi connectivity index (χ1n) is 5.98. The van der Waals surface area contributed by atoms with Gasteiger partial charge in [0.25, 0.3) is 5.91 Å². The van der Waals surface area contributed by atoms with Crippen molar-refractivity contribution in [1.29, 1.82) is 0 Å². The molecule has 20 heavy (non-hydrogen) atoms. The maximum absolute atomic E-state index is 13.3. The predicted molar refractivity (Wildman–Crippen MR) is 76.5 cm³/mol. The second kappa shape index (κ2) is 6.03. The molecule has 3 nitrogen and oxygen atoms in total. The molecule has 2 aromatic carbocycles. The quantitative estimate of drug-likeness (QED) is 0.909. The highest BCUT2D eigenvalue weighted by molar-refractivity contribution is 6.34. The van der Waals surface area contributed by atoms with Gasteiger partial charge in [0.15, 0.2) is 0 Å². The number of halogens is 2. The first-order valence-corrected chi connectivity index (χ1v) is 6.36. The summed E-state index contributed by atoms with van der Waals surface area (Å²) in [4.78, 5) is 12.1. The molecule has 1 amide bonds. The Labute approximate surface area is 121 Å². The van der Waals surface area contributed by atoms with Gasteiger partial charge < -0.3 is 10.4 Å². The lowest BCUT2D eigenvalue weighted by Crippen LogP contribution is -2.13. The summed E-state index contributed by atoms with van der Waals surface area (Å²) in [5, 5.41) is 11.8. The number of aliphatic hydroxyl groups is 1. The third kappa shape index (κ3) is 3.15. The first kappa shape index (κ1) is 14.5. The Balaban J connectivity index is 2.26. The lowest BCUT2D eigenvalue weighted by Gasteiger charge is -2.09. The fraction of sp³-hybridized carbons (Fsp3) is 0.133. The highest BCUT2D eigenvalue weighted by Crippen LogP contribution is 2.22. The van der Waals surface area contributed by atoms with E-state index in [1.165, 1.54) is 6.07 Å². The molecule has 0 radical (unpaired) electrons. The van der Waals surface area contributed by atoms with Gasteiger partial charge in [0, 0.05) is 5.69 Å². The van der Waals surface area contributed by atoms with Crippen LogP contribution < -0.4 is 5.32 Å². The normalized spacial score (nSPS) is 10.4. The standard InChI is InChI=1S/C15H13ClFNO2/c1-9-5-12(13(16)7-14(9)17)15(20)18-11-4-2-3-10(6-11)8-19/h2-7,19H,8H2,1H3,(H,18,20). The summed E-state index contributed by atoms with van der Waals surface area (Å²) in [7, 11) is 0. The van der Waals surface area contributed by atoms with Crippen molar-refractivity contribution in [1.82, 2.24) is 0 Å². The van der Waals surface area contributed by atoms with Crippen molar-refractivity contribution in [3.8, 4) is 0 Å². The van der Waals surface area contributed by atoms with E-state index in [2.05, 4.69) is 5.32 Å². The summed E-state index contributed by atoms with van der Waals surface area (Å²) >= 11 is 5.88.